The molecular weight excluding hydrogens is 320 g/mol. The number of hydrogen-bond donors (Lipinski definition) is 2. The molecule has 0 unspecified atom stereocenters. The van der Waals surface area contributed by atoms with Crippen LogP contribution in [0.4, 0.5) is 17.6 Å². The van der Waals surface area contributed by atoms with E-state index < -0.39 is 4.92 Å². The van der Waals surface area contributed by atoms with Crippen molar-refractivity contribution < 1.29 is 4.92 Å². The lowest BCUT2D eigenvalue weighted by atomic mass is 10.2. The van der Waals surface area contributed by atoms with E-state index in [4.69, 9.17) is 0 Å². The van der Waals surface area contributed by atoms with E-state index in [9.17, 15) is 10.1 Å². The predicted octanol–water partition coefficient (Wildman–Crippen LogP) is 3.69. The summed E-state index contributed by atoms with van der Waals surface area (Å²) in [6.45, 7) is 0. The Hall–Kier alpha value is -3.81. The standard InChI is InChI=1S/C14H11N3.C3H3N3O2/c1-2-7-12(8-3-1)16-14-15-10-11-6-4-5-9-13(11)17-14;7-6(8)3-4-1-2-5-3/h1-10H,(H,15,16,17);1-2H,(H,4,5). The summed E-state index contributed by atoms with van der Waals surface area (Å²) in [5.41, 5.74) is 1.93. The predicted molar refractivity (Wildman–Crippen MR) is 94.5 cm³/mol. The molecule has 0 aliphatic heterocycles. The van der Waals surface area contributed by atoms with Gasteiger partial charge < -0.3 is 15.4 Å². The second-order valence-electron chi connectivity index (χ2n) is 4.91. The molecule has 2 aromatic carbocycles. The Balaban J connectivity index is 0.000000192. The van der Waals surface area contributed by atoms with Crippen LogP contribution in [0.2, 0.25) is 0 Å². The molecule has 2 aromatic heterocycles. The lowest BCUT2D eigenvalue weighted by molar-refractivity contribution is -0.393. The third-order valence-electron chi connectivity index (χ3n) is 3.18. The fourth-order valence-electron chi connectivity index (χ4n) is 2.04. The van der Waals surface area contributed by atoms with Crippen molar-refractivity contribution in [1.82, 2.24) is 19.9 Å². The average Bonchev–Trinajstić information content (AvgIpc) is 3.18. The number of para-hydroxylation sites is 2. The maximum absolute atomic E-state index is 9.77. The zero-order valence-electron chi connectivity index (χ0n) is 13.0. The van der Waals surface area contributed by atoms with Crippen LogP contribution in [-0.2, 0) is 0 Å². The van der Waals surface area contributed by atoms with Gasteiger partial charge in [0.05, 0.1) is 11.7 Å². The molecule has 4 aromatic rings. The summed E-state index contributed by atoms with van der Waals surface area (Å²) in [4.78, 5) is 23.6. The Morgan fingerprint density at radius 2 is 1.76 bits per heavy atom. The van der Waals surface area contributed by atoms with E-state index in [1.807, 2.05) is 60.8 Å². The maximum Gasteiger partial charge on any atom is 0.432 e. The Morgan fingerprint density at radius 1 is 1.00 bits per heavy atom. The minimum Gasteiger partial charge on any atom is -0.390 e. The highest BCUT2D eigenvalue weighted by molar-refractivity contribution is 5.78. The van der Waals surface area contributed by atoms with Crippen molar-refractivity contribution in [1.29, 1.82) is 0 Å². The number of hydrogen-bond acceptors (Lipinski definition) is 6. The second kappa shape index (κ2) is 7.64. The molecule has 0 fully saturated rings. The number of rotatable bonds is 3. The molecule has 2 heterocycles. The lowest BCUT2D eigenvalue weighted by Gasteiger charge is -2.04. The van der Waals surface area contributed by atoms with E-state index in [0.717, 1.165) is 16.6 Å². The summed E-state index contributed by atoms with van der Waals surface area (Å²) in [5.74, 6) is 0.403. The molecule has 8 nitrogen and oxygen atoms in total. The van der Waals surface area contributed by atoms with E-state index in [2.05, 4.69) is 25.3 Å². The van der Waals surface area contributed by atoms with E-state index >= 15 is 0 Å². The summed E-state index contributed by atoms with van der Waals surface area (Å²) in [5, 5.41) is 14.0. The van der Waals surface area contributed by atoms with Crippen molar-refractivity contribution in [2.75, 3.05) is 5.32 Å². The van der Waals surface area contributed by atoms with Gasteiger partial charge in [-0.1, -0.05) is 41.4 Å². The highest BCUT2D eigenvalue weighted by atomic mass is 16.6. The van der Waals surface area contributed by atoms with Crippen LogP contribution in [0.3, 0.4) is 0 Å². The normalized spacial score (nSPS) is 9.92. The van der Waals surface area contributed by atoms with Crippen LogP contribution in [0.25, 0.3) is 10.9 Å². The van der Waals surface area contributed by atoms with Crippen molar-refractivity contribution >= 4 is 28.5 Å². The number of nitro groups is 1. The number of aromatic nitrogens is 4. The molecule has 4 rings (SSSR count). The van der Waals surface area contributed by atoms with Crippen LogP contribution in [0.1, 0.15) is 0 Å². The molecule has 0 bridgehead atoms. The number of imidazole rings is 1. The van der Waals surface area contributed by atoms with Gasteiger partial charge in [0.1, 0.15) is 6.20 Å². The topological polar surface area (TPSA) is 110 Å². The summed E-state index contributed by atoms with van der Waals surface area (Å²) in [6, 6.07) is 17.8. The largest absolute Gasteiger partial charge is 0.432 e. The van der Waals surface area contributed by atoms with E-state index in [0.29, 0.717) is 5.95 Å². The quantitative estimate of drug-likeness (QED) is 0.437. The number of anilines is 2. The minimum absolute atomic E-state index is 0.218. The van der Waals surface area contributed by atoms with Gasteiger partial charge in [-0.25, -0.2) is 15.0 Å². The van der Waals surface area contributed by atoms with Crippen molar-refractivity contribution in [2.24, 2.45) is 0 Å². The van der Waals surface area contributed by atoms with E-state index in [1.165, 1.54) is 12.4 Å². The summed E-state index contributed by atoms with van der Waals surface area (Å²) >= 11 is 0. The van der Waals surface area contributed by atoms with Gasteiger partial charge in [0.15, 0.2) is 0 Å². The second-order valence-corrected chi connectivity index (χ2v) is 4.91. The van der Waals surface area contributed by atoms with Gasteiger partial charge in [-0.2, -0.15) is 0 Å². The number of benzene rings is 2. The molecule has 0 aliphatic rings. The first kappa shape index (κ1) is 16.1. The van der Waals surface area contributed by atoms with Crippen LogP contribution in [0, 0.1) is 10.1 Å². The Kier molecular flexibility index (Phi) is 4.91. The van der Waals surface area contributed by atoms with Crippen molar-refractivity contribution in [3.63, 3.8) is 0 Å². The van der Waals surface area contributed by atoms with E-state index in [1.54, 1.807) is 0 Å². The van der Waals surface area contributed by atoms with Gasteiger partial charge in [-0.05, 0) is 23.1 Å². The summed E-state index contributed by atoms with van der Waals surface area (Å²) in [6.07, 6.45) is 4.56. The number of aromatic amines is 1. The molecule has 0 saturated heterocycles. The SMILES string of the molecule is O=[N+]([O-])c1ncc[nH]1.c1ccc(Nc2ncc3ccccc3n2)cc1. The van der Waals surface area contributed by atoms with Crippen LogP contribution in [0.15, 0.2) is 73.2 Å². The monoisotopic (exact) mass is 334 g/mol. The smallest absolute Gasteiger partial charge is 0.390 e. The molecule has 8 heteroatoms. The summed E-state index contributed by atoms with van der Waals surface area (Å²) in [7, 11) is 0. The van der Waals surface area contributed by atoms with Gasteiger partial charge >= 0.3 is 5.95 Å². The van der Waals surface area contributed by atoms with Crippen LogP contribution in [0.5, 0.6) is 0 Å². The zero-order valence-corrected chi connectivity index (χ0v) is 13.0. The van der Waals surface area contributed by atoms with Gasteiger partial charge in [0, 0.05) is 17.3 Å². The number of nitrogens with one attached hydrogen (secondary N) is 2. The third-order valence-corrected chi connectivity index (χ3v) is 3.18. The fourth-order valence-corrected chi connectivity index (χ4v) is 2.04. The number of fused-ring (bicyclic) bond motifs is 1. The Morgan fingerprint density at radius 3 is 2.44 bits per heavy atom. The maximum atomic E-state index is 9.77. The molecule has 25 heavy (non-hydrogen) atoms. The van der Waals surface area contributed by atoms with Gasteiger partial charge in [0.2, 0.25) is 5.95 Å². The minimum atomic E-state index is -0.583. The van der Waals surface area contributed by atoms with Gasteiger partial charge in [-0.3, -0.25) is 0 Å². The molecule has 0 amide bonds. The first-order chi connectivity index (χ1) is 12.2. The van der Waals surface area contributed by atoms with Gasteiger partial charge in [0.25, 0.3) is 0 Å². The first-order valence-corrected chi connectivity index (χ1v) is 7.40. The van der Waals surface area contributed by atoms with Crippen molar-refractivity contribution in [3.8, 4) is 0 Å². The molecule has 0 radical (unpaired) electrons. The highest BCUT2D eigenvalue weighted by Crippen LogP contribution is 2.15. The number of nitrogens with zero attached hydrogens (tertiary/aromatic N) is 4. The molecule has 0 aliphatic carbocycles. The average molecular weight is 334 g/mol. The first-order valence-electron chi connectivity index (χ1n) is 7.40. The molecule has 0 atom stereocenters. The molecular formula is C17H14N6O2. The number of H-pyrrole nitrogens is 1. The molecule has 124 valence electrons. The molecule has 0 saturated carbocycles. The van der Waals surface area contributed by atoms with Crippen LogP contribution in [-0.4, -0.2) is 24.9 Å². The lowest BCUT2D eigenvalue weighted by Crippen LogP contribution is -1.96. The zero-order chi connectivity index (χ0) is 17.5. The molecule has 2 N–H and O–H groups in total. The van der Waals surface area contributed by atoms with Gasteiger partial charge in [-0.15, -0.1) is 0 Å². The van der Waals surface area contributed by atoms with Crippen molar-refractivity contribution in [3.05, 3.63) is 83.3 Å². The fraction of sp³-hybridized carbons (Fsp3) is 0. The van der Waals surface area contributed by atoms with E-state index in [-0.39, 0.29) is 5.95 Å². The molecule has 0 spiro atoms. The van der Waals surface area contributed by atoms with Crippen LogP contribution < -0.4 is 5.32 Å². The summed E-state index contributed by atoms with van der Waals surface area (Å²) < 4.78 is 0. The Bertz CT molecular complexity index is 957. The third kappa shape index (κ3) is 4.35. The Labute approximate surface area is 142 Å². The van der Waals surface area contributed by atoms with Crippen molar-refractivity contribution in [2.45, 2.75) is 0 Å². The van der Waals surface area contributed by atoms with Crippen LogP contribution >= 0.6 is 0 Å². The highest BCUT2D eigenvalue weighted by Gasteiger charge is 2.01.